The van der Waals surface area contributed by atoms with Crippen LogP contribution in [0.15, 0.2) is 33.8 Å². The fraction of sp³-hybridized carbons (Fsp3) is 0.458. The second kappa shape index (κ2) is 9.59. The van der Waals surface area contributed by atoms with E-state index in [4.69, 9.17) is 9.78 Å². The van der Waals surface area contributed by atoms with Crippen molar-refractivity contribution in [2.75, 3.05) is 20.1 Å². The topological polar surface area (TPSA) is 112 Å². The molecule has 194 valence electrons. The van der Waals surface area contributed by atoms with Gasteiger partial charge in [-0.2, -0.15) is 23.4 Å². The maximum absolute atomic E-state index is 14.6. The van der Waals surface area contributed by atoms with Crippen LogP contribution >= 0.6 is 0 Å². The van der Waals surface area contributed by atoms with Crippen molar-refractivity contribution in [1.29, 1.82) is 5.26 Å². The standard InChI is InChI=1S/C24H23F4N7O2/c1-34-6-5-18(16(25)11-34)31-17-3-2-4-19-15(17)8-20(35(19)12-24(26,27)28)22-32-21(37-33-22)10-30-23(36)14-7-13(14)9-29/h2-4,8,13-14,16H,5-7,10-12H2,1H3,(H,30,36)/t13?,14-,16-/m0/s1. The van der Waals surface area contributed by atoms with Gasteiger partial charge >= 0.3 is 6.18 Å². The minimum absolute atomic E-state index is 0.00776. The minimum Gasteiger partial charge on any atom is -0.347 e. The molecule has 9 nitrogen and oxygen atoms in total. The van der Waals surface area contributed by atoms with Gasteiger partial charge < -0.3 is 19.3 Å². The first-order chi connectivity index (χ1) is 17.6. The van der Waals surface area contributed by atoms with E-state index in [-0.39, 0.29) is 53.8 Å². The molecule has 1 aromatic carbocycles. The van der Waals surface area contributed by atoms with Gasteiger partial charge in [0, 0.05) is 24.9 Å². The molecule has 0 bridgehead atoms. The number of alkyl halides is 4. The summed E-state index contributed by atoms with van der Waals surface area (Å²) in [5.74, 6) is -1.09. The van der Waals surface area contributed by atoms with Crippen molar-refractivity contribution in [3.8, 4) is 17.6 Å². The summed E-state index contributed by atoms with van der Waals surface area (Å²) in [5.41, 5.74) is 0.999. The van der Waals surface area contributed by atoms with Gasteiger partial charge in [0.15, 0.2) is 6.17 Å². The Morgan fingerprint density at radius 1 is 1.38 bits per heavy atom. The molecule has 1 N–H and O–H groups in total. The number of rotatable bonds is 6. The van der Waals surface area contributed by atoms with Crippen LogP contribution in [0.5, 0.6) is 0 Å². The maximum atomic E-state index is 14.6. The van der Waals surface area contributed by atoms with Crippen LogP contribution in [-0.4, -0.2) is 63.7 Å². The van der Waals surface area contributed by atoms with Crippen molar-refractivity contribution in [2.45, 2.75) is 38.3 Å². The summed E-state index contributed by atoms with van der Waals surface area (Å²) in [6.45, 7) is -0.587. The molecule has 1 unspecified atom stereocenters. The molecule has 2 aromatic heterocycles. The van der Waals surface area contributed by atoms with E-state index in [0.717, 1.165) is 4.57 Å². The molecule has 0 spiro atoms. The van der Waals surface area contributed by atoms with Gasteiger partial charge in [0.2, 0.25) is 17.6 Å². The van der Waals surface area contributed by atoms with E-state index in [2.05, 4.69) is 20.4 Å². The average molecular weight is 517 g/mol. The number of fused-ring (bicyclic) bond motifs is 1. The molecule has 13 heteroatoms. The lowest BCUT2D eigenvalue weighted by Gasteiger charge is -2.26. The Hall–Kier alpha value is -3.79. The Morgan fingerprint density at radius 3 is 2.89 bits per heavy atom. The van der Waals surface area contributed by atoms with E-state index in [1.807, 2.05) is 18.0 Å². The molecule has 37 heavy (non-hydrogen) atoms. The van der Waals surface area contributed by atoms with E-state index in [9.17, 15) is 22.4 Å². The number of piperidine rings is 1. The number of aliphatic imine (C=N–C) groups is 1. The highest BCUT2D eigenvalue weighted by molar-refractivity contribution is 5.99. The van der Waals surface area contributed by atoms with Gasteiger partial charge in [-0.1, -0.05) is 11.2 Å². The normalized spacial score (nSPS) is 23.4. The molecule has 3 atom stereocenters. The van der Waals surface area contributed by atoms with E-state index in [1.54, 1.807) is 12.1 Å². The SMILES string of the molecule is CN1CCC(=Nc2cccc3c2cc(-c2noc(CNC(=O)[C@H]4CC4C#N)n2)n3CC(F)(F)F)[C@@H](F)C1. The number of benzene rings is 1. The third kappa shape index (κ3) is 5.34. The molecule has 0 radical (unpaired) electrons. The van der Waals surface area contributed by atoms with Crippen LogP contribution in [0.2, 0.25) is 0 Å². The lowest BCUT2D eigenvalue weighted by molar-refractivity contribution is -0.139. The number of carbonyl (C=O) groups is 1. The Bertz CT molecular complexity index is 1400. The fourth-order valence-corrected chi connectivity index (χ4v) is 4.47. The van der Waals surface area contributed by atoms with Crippen LogP contribution in [0.25, 0.3) is 22.4 Å². The molecule has 1 aliphatic heterocycles. The minimum atomic E-state index is -4.54. The molecule has 3 aromatic rings. The third-order valence-electron chi connectivity index (χ3n) is 6.51. The zero-order valence-electron chi connectivity index (χ0n) is 19.8. The molecule has 1 saturated carbocycles. The molecular formula is C24H23F4N7O2. The fourth-order valence-electron chi connectivity index (χ4n) is 4.47. The number of nitriles is 1. The van der Waals surface area contributed by atoms with Crippen LogP contribution in [0.1, 0.15) is 18.7 Å². The van der Waals surface area contributed by atoms with E-state index in [1.165, 1.54) is 12.1 Å². The first kappa shape index (κ1) is 24.9. The van der Waals surface area contributed by atoms with Crippen LogP contribution < -0.4 is 5.32 Å². The zero-order valence-corrected chi connectivity index (χ0v) is 19.8. The summed E-state index contributed by atoms with van der Waals surface area (Å²) < 4.78 is 61.3. The first-order valence-electron chi connectivity index (χ1n) is 11.7. The first-order valence-corrected chi connectivity index (χ1v) is 11.7. The third-order valence-corrected chi connectivity index (χ3v) is 6.51. The molecule has 5 rings (SSSR count). The quantitative estimate of drug-likeness (QED) is 0.498. The number of hydrogen-bond acceptors (Lipinski definition) is 7. The largest absolute Gasteiger partial charge is 0.406 e. The Balaban J connectivity index is 1.47. The smallest absolute Gasteiger partial charge is 0.347 e. The zero-order chi connectivity index (χ0) is 26.3. The number of hydrogen-bond donors (Lipinski definition) is 1. The van der Waals surface area contributed by atoms with Crippen LogP contribution in [-0.2, 0) is 17.9 Å². The summed E-state index contributed by atoms with van der Waals surface area (Å²) >= 11 is 0. The highest BCUT2D eigenvalue weighted by Crippen LogP contribution is 2.38. The maximum Gasteiger partial charge on any atom is 0.406 e. The Kier molecular flexibility index (Phi) is 6.45. The summed E-state index contributed by atoms with van der Waals surface area (Å²) in [5, 5.41) is 15.7. The summed E-state index contributed by atoms with van der Waals surface area (Å²) in [4.78, 5) is 22.6. The van der Waals surface area contributed by atoms with Gasteiger partial charge in [-0.15, -0.1) is 0 Å². The van der Waals surface area contributed by atoms with Gasteiger partial charge in [-0.3, -0.25) is 9.79 Å². The lowest BCUT2D eigenvalue weighted by atomic mass is 10.1. The van der Waals surface area contributed by atoms with E-state index < -0.39 is 18.9 Å². The van der Waals surface area contributed by atoms with Crippen molar-refractivity contribution in [3.63, 3.8) is 0 Å². The van der Waals surface area contributed by atoms with Crippen LogP contribution in [0.4, 0.5) is 23.2 Å². The van der Waals surface area contributed by atoms with Gasteiger partial charge in [0.25, 0.3) is 0 Å². The molecule has 3 heterocycles. The molecule has 1 saturated heterocycles. The molecular weight excluding hydrogens is 494 g/mol. The predicted octanol–water partition coefficient (Wildman–Crippen LogP) is 3.78. The van der Waals surface area contributed by atoms with Gasteiger partial charge in [-0.25, -0.2) is 4.39 Å². The van der Waals surface area contributed by atoms with Crippen molar-refractivity contribution in [2.24, 2.45) is 16.8 Å². The van der Waals surface area contributed by atoms with E-state index >= 15 is 0 Å². The summed E-state index contributed by atoms with van der Waals surface area (Å²) in [6.07, 6.45) is -4.90. The highest BCUT2D eigenvalue weighted by atomic mass is 19.4. The summed E-state index contributed by atoms with van der Waals surface area (Å²) in [7, 11) is 1.81. The van der Waals surface area contributed by atoms with Crippen molar-refractivity contribution >= 4 is 28.2 Å². The predicted molar refractivity (Wildman–Crippen MR) is 124 cm³/mol. The highest BCUT2D eigenvalue weighted by Gasteiger charge is 2.43. The van der Waals surface area contributed by atoms with Crippen LogP contribution in [0, 0.1) is 23.2 Å². The number of nitrogens with one attached hydrogen (secondary N) is 1. The number of amides is 1. The monoisotopic (exact) mass is 517 g/mol. The molecule has 2 fully saturated rings. The molecule has 2 aliphatic rings. The van der Waals surface area contributed by atoms with Crippen molar-refractivity contribution in [1.82, 2.24) is 24.9 Å². The Morgan fingerprint density at radius 2 is 2.19 bits per heavy atom. The average Bonchev–Trinajstić information content (AvgIpc) is 3.35. The van der Waals surface area contributed by atoms with Gasteiger partial charge in [0.05, 0.1) is 47.1 Å². The van der Waals surface area contributed by atoms with E-state index in [0.29, 0.717) is 36.2 Å². The lowest BCUT2D eigenvalue weighted by Crippen LogP contribution is -2.39. The molecule has 1 amide bonds. The second-order valence-corrected chi connectivity index (χ2v) is 9.33. The van der Waals surface area contributed by atoms with Gasteiger partial charge in [-0.05, 0) is 31.7 Å². The second-order valence-electron chi connectivity index (χ2n) is 9.33. The Labute approximate surface area is 208 Å². The number of likely N-dealkylation sites (tertiary alicyclic amines) is 1. The van der Waals surface area contributed by atoms with Crippen molar-refractivity contribution in [3.05, 3.63) is 30.2 Å². The number of halogens is 4. The number of carbonyl (C=O) groups excluding carboxylic acids is 1. The van der Waals surface area contributed by atoms with Crippen LogP contribution in [0.3, 0.4) is 0 Å². The van der Waals surface area contributed by atoms with Crippen molar-refractivity contribution < 1.29 is 26.9 Å². The molecule has 1 aliphatic carbocycles. The number of aromatic nitrogens is 3. The number of nitrogens with zero attached hydrogens (tertiary/aromatic N) is 6. The van der Waals surface area contributed by atoms with Gasteiger partial charge in [0.1, 0.15) is 6.54 Å². The summed E-state index contributed by atoms with van der Waals surface area (Å²) in [6, 6.07) is 8.24.